The molecule has 5 heteroatoms. The highest BCUT2D eigenvalue weighted by Crippen LogP contribution is 2.34. The van der Waals surface area contributed by atoms with Gasteiger partial charge < -0.3 is 15.4 Å². The van der Waals surface area contributed by atoms with Crippen molar-refractivity contribution in [3.63, 3.8) is 0 Å². The molecule has 2 N–H and O–H groups in total. The second-order valence-electron chi connectivity index (χ2n) is 6.20. The predicted octanol–water partition coefficient (Wildman–Crippen LogP) is 1.45. The Balaban J connectivity index is 1.64. The van der Waals surface area contributed by atoms with Crippen LogP contribution in [0.15, 0.2) is 4.99 Å². The van der Waals surface area contributed by atoms with Gasteiger partial charge in [-0.25, -0.2) is 0 Å². The number of rotatable bonds is 11. The number of hydrogen-bond acceptors (Lipinski definition) is 3. The summed E-state index contributed by atoms with van der Waals surface area (Å²) in [5.74, 6) is 1.93. The van der Waals surface area contributed by atoms with Crippen molar-refractivity contribution in [2.45, 2.75) is 45.1 Å². The van der Waals surface area contributed by atoms with E-state index in [9.17, 15) is 0 Å². The van der Waals surface area contributed by atoms with E-state index in [4.69, 9.17) is 4.74 Å². The molecule has 0 saturated heterocycles. The second-order valence-corrected chi connectivity index (χ2v) is 6.20. The molecular weight excluding hydrogens is 264 g/mol. The number of methoxy groups -OCH3 is 1. The van der Waals surface area contributed by atoms with Crippen molar-refractivity contribution in [2.75, 3.05) is 46.4 Å². The maximum absolute atomic E-state index is 5.06. The van der Waals surface area contributed by atoms with Gasteiger partial charge in [-0.05, 0) is 44.9 Å². The molecule has 0 unspecified atom stereocenters. The normalized spacial score (nSPS) is 19.1. The number of ether oxygens (including phenoxy) is 1. The first kappa shape index (κ1) is 16.6. The summed E-state index contributed by atoms with van der Waals surface area (Å²) in [5, 5.41) is 6.77. The average Bonchev–Trinajstić information content (AvgIpc) is 3.36. The first-order valence-corrected chi connectivity index (χ1v) is 8.58. The van der Waals surface area contributed by atoms with E-state index in [1.165, 1.54) is 32.2 Å². The standard InChI is InChI=1S/C16H32N4O/c1-3-17-16(18-9-4-12-21-2)19-10-11-20(15-7-8-15)13-14-5-6-14/h14-15H,3-13H2,1-2H3,(H2,17,18,19). The van der Waals surface area contributed by atoms with E-state index in [-0.39, 0.29) is 0 Å². The molecule has 0 atom stereocenters. The quantitative estimate of drug-likeness (QED) is 0.344. The van der Waals surface area contributed by atoms with Crippen LogP contribution in [0, 0.1) is 5.92 Å². The van der Waals surface area contributed by atoms with E-state index < -0.39 is 0 Å². The molecule has 2 saturated carbocycles. The van der Waals surface area contributed by atoms with Gasteiger partial charge in [-0.15, -0.1) is 0 Å². The van der Waals surface area contributed by atoms with Crippen molar-refractivity contribution >= 4 is 5.96 Å². The molecule has 2 rings (SSSR count). The minimum Gasteiger partial charge on any atom is -0.385 e. The maximum Gasteiger partial charge on any atom is 0.191 e. The summed E-state index contributed by atoms with van der Waals surface area (Å²) in [4.78, 5) is 7.26. The minimum absolute atomic E-state index is 0.778. The van der Waals surface area contributed by atoms with E-state index in [2.05, 4.69) is 27.4 Å². The smallest absolute Gasteiger partial charge is 0.191 e. The SMILES string of the molecule is CCNC(=NCCCOC)NCCN(CC1CC1)C1CC1. The number of guanidine groups is 1. The summed E-state index contributed by atoms with van der Waals surface area (Å²) in [6.45, 7) is 8.05. The van der Waals surface area contributed by atoms with Crippen LogP contribution in [-0.2, 0) is 4.74 Å². The van der Waals surface area contributed by atoms with Crippen LogP contribution in [0.25, 0.3) is 0 Å². The van der Waals surface area contributed by atoms with Gasteiger partial charge in [-0.2, -0.15) is 0 Å². The van der Waals surface area contributed by atoms with Crippen LogP contribution in [-0.4, -0.2) is 63.3 Å². The summed E-state index contributed by atoms with van der Waals surface area (Å²) in [6, 6.07) is 0.869. The summed E-state index contributed by atoms with van der Waals surface area (Å²) in [5.41, 5.74) is 0. The average molecular weight is 296 g/mol. The Morgan fingerprint density at radius 1 is 1.24 bits per heavy atom. The third-order valence-corrected chi connectivity index (χ3v) is 4.07. The highest BCUT2D eigenvalue weighted by atomic mass is 16.5. The molecule has 0 aromatic heterocycles. The Bertz CT molecular complexity index is 313. The summed E-state index contributed by atoms with van der Waals surface area (Å²) < 4.78 is 5.06. The van der Waals surface area contributed by atoms with Gasteiger partial charge in [0.2, 0.25) is 0 Å². The monoisotopic (exact) mass is 296 g/mol. The molecule has 0 amide bonds. The Kier molecular flexibility index (Phi) is 7.30. The molecule has 0 heterocycles. The van der Waals surface area contributed by atoms with E-state index in [1.54, 1.807) is 7.11 Å². The third kappa shape index (κ3) is 7.14. The molecule has 122 valence electrons. The lowest BCUT2D eigenvalue weighted by molar-refractivity contribution is 0.197. The van der Waals surface area contributed by atoms with Crippen LogP contribution >= 0.6 is 0 Å². The van der Waals surface area contributed by atoms with Crippen LogP contribution in [0.5, 0.6) is 0 Å². The lowest BCUT2D eigenvalue weighted by Gasteiger charge is -2.22. The van der Waals surface area contributed by atoms with Crippen molar-refractivity contribution in [1.29, 1.82) is 0 Å². The van der Waals surface area contributed by atoms with Crippen molar-refractivity contribution < 1.29 is 4.74 Å². The Labute approximate surface area is 129 Å². The second kappa shape index (κ2) is 9.26. The molecule has 2 aliphatic rings. The van der Waals surface area contributed by atoms with Gasteiger partial charge in [0.1, 0.15) is 0 Å². The first-order chi connectivity index (χ1) is 10.3. The molecule has 0 aromatic rings. The van der Waals surface area contributed by atoms with Gasteiger partial charge in [-0.3, -0.25) is 9.89 Å². The molecule has 0 spiro atoms. The molecule has 0 bridgehead atoms. The highest BCUT2D eigenvalue weighted by Gasteiger charge is 2.33. The molecule has 5 nitrogen and oxygen atoms in total. The Morgan fingerprint density at radius 2 is 2.05 bits per heavy atom. The van der Waals surface area contributed by atoms with Crippen molar-refractivity contribution in [3.8, 4) is 0 Å². The van der Waals surface area contributed by atoms with Gasteiger partial charge in [0.05, 0.1) is 0 Å². The lowest BCUT2D eigenvalue weighted by atomic mass is 10.3. The summed E-state index contributed by atoms with van der Waals surface area (Å²) in [6.07, 6.45) is 6.67. The molecule has 0 aliphatic heterocycles. The predicted molar refractivity (Wildman–Crippen MR) is 87.8 cm³/mol. The van der Waals surface area contributed by atoms with Crippen molar-refractivity contribution in [2.24, 2.45) is 10.9 Å². The van der Waals surface area contributed by atoms with Crippen molar-refractivity contribution in [3.05, 3.63) is 0 Å². The molecule has 21 heavy (non-hydrogen) atoms. The molecule has 2 fully saturated rings. The van der Waals surface area contributed by atoms with E-state index >= 15 is 0 Å². The highest BCUT2D eigenvalue weighted by molar-refractivity contribution is 5.79. The number of hydrogen-bond donors (Lipinski definition) is 2. The van der Waals surface area contributed by atoms with Gasteiger partial charge >= 0.3 is 0 Å². The van der Waals surface area contributed by atoms with Crippen LogP contribution in [0.1, 0.15) is 39.0 Å². The topological polar surface area (TPSA) is 48.9 Å². The van der Waals surface area contributed by atoms with Crippen LogP contribution in [0.4, 0.5) is 0 Å². The Hall–Kier alpha value is -0.810. The number of nitrogens with one attached hydrogen (secondary N) is 2. The molecule has 2 aliphatic carbocycles. The molecule has 0 aromatic carbocycles. The zero-order valence-electron chi connectivity index (χ0n) is 13.7. The fourth-order valence-electron chi connectivity index (χ4n) is 2.55. The largest absolute Gasteiger partial charge is 0.385 e. The lowest BCUT2D eigenvalue weighted by Crippen LogP contribution is -2.42. The van der Waals surface area contributed by atoms with Crippen molar-refractivity contribution in [1.82, 2.24) is 15.5 Å². The number of nitrogens with zero attached hydrogens (tertiary/aromatic N) is 2. The maximum atomic E-state index is 5.06. The third-order valence-electron chi connectivity index (χ3n) is 4.07. The Morgan fingerprint density at radius 3 is 2.67 bits per heavy atom. The number of aliphatic imine (C=N–C) groups is 1. The van der Waals surface area contributed by atoms with E-state index in [0.29, 0.717) is 0 Å². The summed E-state index contributed by atoms with van der Waals surface area (Å²) >= 11 is 0. The van der Waals surface area contributed by atoms with Crippen LogP contribution in [0.3, 0.4) is 0 Å². The molecular formula is C16H32N4O. The van der Waals surface area contributed by atoms with Crippen LogP contribution in [0.2, 0.25) is 0 Å². The fraction of sp³-hybridized carbons (Fsp3) is 0.938. The van der Waals surface area contributed by atoms with Crippen LogP contribution < -0.4 is 10.6 Å². The molecule has 0 radical (unpaired) electrons. The zero-order chi connectivity index (χ0) is 14.9. The van der Waals surface area contributed by atoms with Gasteiger partial charge in [0.15, 0.2) is 5.96 Å². The van der Waals surface area contributed by atoms with E-state index in [1.807, 2.05) is 0 Å². The fourth-order valence-corrected chi connectivity index (χ4v) is 2.55. The van der Waals surface area contributed by atoms with E-state index in [0.717, 1.165) is 57.1 Å². The van der Waals surface area contributed by atoms with Gasteiger partial charge in [-0.1, -0.05) is 0 Å². The minimum atomic E-state index is 0.778. The van der Waals surface area contributed by atoms with Gasteiger partial charge in [0, 0.05) is 52.5 Å². The zero-order valence-corrected chi connectivity index (χ0v) is 13.7. The summed E-state index contributed by atoms with van der Waals surface area (Å²) in [7, 11) is 1.74. The van der Waals surface area contributed by atoms with Gasteiger partial charge in [0.25, 0.3) is 0 Å². The first-order valence-electron chi connectivity index (χ1n) is 8.58.